The summed E-state index contributed by atoms with van der Waals surface area (Å²) in [6.07, 6.45) is 1.66. The molecule has 0 aliphatic heterocycles. The Morgan fingerprint density at radius 3 is 2.67 bits per heavy atom. The van der Waals surface area contributed by atoms with E-state index in [1.54, 1.807) is 16.9 Å². The molecular weight excluding hydrogens is 231 g/mol. The van der Waals surface area contributed by atoms with Gasteiger partial charge < -0.3 is 5.11 Å². The van der Waals surface area contributed by atoms with E-state index in [-0.39, 0.29) is 18.3 Å². The summed E-state index contributed by atoms with van der Waals surface area (Å²) in [5, 5.41) is 13.6. The second-order valence-electron chi connectivity index (χ2n) is 4.71. The fourth-order valence-corrected chi connectivity index (χ4v) is 2.18. The zero-order valence-corrected chi connectivity index (χ0v) is 10.8. The molecule has 0 spiro atoms. The van der Waals surface area contributed by atoms with Gasteiger partial charge >= 0.3 is 0 Å². The van der Waals surface area contributed by atoms with E-state index in [2.05, 4.69) is 5.10 Å². The molecule has 2 aromatic rings. The minimum Gasteiger partial charge on any atom is -0.392 e. The van der Waals surface area contributed by atoms with Crippen molar-refractivity contribution < 1.29 is 9.50 Å². The molecule has 0 radical (unpaired) electrons. The van der Waals surface area contributed by atoms with E-state index < -0.39 is 0 Å². The van der Waals surface area contributed by atoms with E-state index in [0.717, 1.165) is 22.5 Å². The predicted octanol–water partition coefficient (Wildman–Crippen LogP) is 2.94. The summed E-state index contributed by atoms with van der Waals surface area (Å²) >= 11 is 0. The molecule has 4 heteroatoms. The van der Waals surface area contributed by atoms with Crippen LogP contribution in [0.3, 0.4) is 0 Å². The largest absolute Gasteiger partial charge is 0.392 e. The molecule has 0 aliphatic rings. The Morgan fingerprint density at radius 1 is 1.39 bits per heavy atom. The summed E-state index contributed by atoms with van der Waals surface area (Å²) in [4.78, 5) is 0. The first kappa shape index (κ1) is 12.8. The third-order valence-electron chi connectivity index (χ3n) is 2.99. The van der Waals surface area contributed by atoms with Crippen molar-refractivity contribution in [1.82, 2.24) is 9.78 Å². The lowest BCUT2D eigenvalue weighted by Gasteiger charge is -2.14. The average molecular weight is 248 g/mol. The van der Waals surface area contributed by atoms with Crippen LogP contribution in [0.5, 0.6) is 0 Å². The number of aromatic nitrogens is 2. The summed E-state index contributed by atoms with van der Waals surface area (Å²) < 4.78 is 14.9. The maximum absolute atomic E-state index is 13.1. The average Bonchev–Trinajstić information content (AvgIpc) is 2.72. The van der Waals surface area contributed by atoms with Crippen LogP contribution in [0.4, 0.5) is 4.39 Å². The quantitative estimate of drug-likeness (QED) is 0.907. The van der Waals surface area contributed by atoms with Gasteiger partial charge in [0.05, 0.1) is 24.2 Å². The van der Waals surface area contributed by atoms with E-state index in [4.69, 9.17) is 0 Å². The SMILES string of the molecule is Cc1cc(F)ccc1-n1ncc(CO)c1C(C)C. The third kappa shape index (κ3) is 2.16. The zero-order valence-electron chi connectivity index (χ0n) is 10.8. The maximum atomic E-state index is 13.1. The van der Waals surface area contributed by atoms with Gasteiger partial charge in [0.25, 0.3) is 0 Å². The number of aryl methyl sites for hydroxylation is 1. The van der Waals surface area contributed by atoms with Gasteiger partial charge in [-0.15, -0.1) is 0 Å². The Hall–Kier alpha value is -1.68. The Morgan fingerprint density at radius 2 is 2.11 bits per heavy atom. The number of rotatable bonds is 3. The Balaban J connectivity index is 2.60. The van der Waals surface area contributed by atoms with Gasteiger partial charge in [0.2, 0.25) is 0 Å². The Kier molecular flexibility index (Phi) is 3.48. The van der Waals surface area contributed by atoms with Crippen molar-refractivity contribution in [2.75, 3.05) is 0 Å². The van der Waals surface area contributed by atoms with Gasteiger partial charge in [-0.3, -0.25) is 0 Å². The van der Waals surface area contributed by atoms with Crippen molar-refractivity contribution in [3.63, 3.8) is 0 Å². The molecule has 0 atom stereocenters. The summed E-state index contributed by atoms with van der Waals surface area (Å²) in [6.45, 7) is 5.91. The van der Waals surface area contributed by atoms with Crippen molar-refractivity contribution in [3.8, 4) is 5.69 Å². The standard InChI is InChI=1S/C14H17FN2O/c1-9(2)14-11(8-18)7-16-17(14)13-5-4-12(15)6-10(13)3/h4-7,9,18H,8H2,1-3H3. The van der Waals surface area contributed by atoms with Crippen LogP contribution in [-0.4, -0.2) is 14.9 Å². The summed E-state index contributed by atoms with van der Waals surface area (Å²) in [5.41, 5.74) is 3.45. The van der Waals surface area contributed by atoms with Crippen LogP contribution in [0.25, 0.3) is 5.69 Å². The normalized spacial score (nSPS) is 11.2. The van der Waals surface area contributed by atoms with Crippen LogP contribution in [0.1, 0.15) is 36.6 Å². The van der Waals surface area contributed by atoms with Gasteiger partial charge in [0.15, 0.2) is 0 Å². The van der Waals surface area contributed by atoms with Crippen molar-refractivity contribution in [1.29, 1.82) is 0 Å². The lowest BCUT2D eigenvalue weighted by atomic mass is 10.1. The molecule has 1 aromatic heterocycles. The van der Waals surface area contributed by atoms with Crippen LogP contribution >= 0.6 is 0 Å². The summed E-state index contributed by atoms with van der Waals surface area (Å²) in [7, 11) is 0. The first-order valence-electron chi connectivity index (χ1n) is 5.98. The summed E-state index contributed by atoms with van der Waals surface area (Å²) in [5.74, 6) is -0.0176. The maximum Gasteiger partial charge on any atom is 0.123 e. The van der Waals surface area contributed by atoms with Gasteiger partial charge in [-0.25, -0.2) is 9.07 Å². The molecule has 0 bridgehead atoms. The third-order valence-corrected chi connectivity index (χ3v) is 2.99. The number of benzene rings is 1. The van der Waals surface area contributed by atoms with Gasteiger partial charge in [0, 0.05) is 5.56 Å². The molecule has 0 unspecified atom stereocenters. The summed E-state index contributed by atoms with van der Waals surface area (Å²) in [6, 6.07) is 4.62. The predicted molar refractivity (Wildman–Crippen MR) is 68.3 cm³/mol. The topological polar surface area (TPSA) is 38.0 Å². The molecule has 3 nitrogen and oxygen atoms in total. The van der Waals surface area contributed by atoms with E-state index in [1.165, 1.54) is 12.1 Å². The lowest BCUT2D eigenvalue weighted by molar-refractivity contribution is 0.280. The van der Waals surface area contributed by atoms with Gasteiger partial charge in [-0.05, 0) is 36.6 Å². The molecule has 0 saturated heterocycles. The van der Waals surface area contributed by atoms with Gasteiger partial charge in [-0.2, -0.15) is 5.10 Å². The van der Waals surface area contributed by atoms with Crippen LogP contribution < -0.4 is 0 Å². The number of halogens is 1. The van der Waals surface area contributed by atoms with Crippen molar-refractivity contribution in [2.24, 2.45) is 0 Å². The lowest BCUT2D eigenvalue weighted by Crippen LogP contribution is -2.07. The fourth-order valence-electron chi connectivity index (χ4n) is 2.18. The number of hydrogen-bond acceptors (Lipinski definition) is 2. The van der Waals surface area contributed by atoms with Gasteiger partial charge in [-0.1, -0.05) is 13.8 Å². The molecule has 96 valence electrons. The molecule has 1 heterocycles. The van der Waals surface area contributed by atoms with Gasteiger partial charge in [0.1, 0.15) is 5.82 Å². The van der Waals surface area contributed by atoms with E-state index in [1.807, 2.05) is 20.8 Å². The van der Waals surface area contributed by atoms with Crippen molar-refractivity contribution in [2.45, 2.75) is 33.3 Å². The molecule has 0 aliphatic carbocycles. The monoisotopic (exact) mass is 248 g/mol. The van der Waals surface area contributed by atoms with Crippen LogP contribution in [0.15, 0.2) is 24.4 Å². The van der Waals surface area contributed by atoms with E-state index in [0.29, 0.717) is 0 Å². The fraction of sp³-hybridized carbons (Fsp3) is 0.357. The minimum atomic E-state index is -0.253. The zero-order chi connectivity index (χ0) is 13.3. The molecule has 0 amide bonds. The van der Waals surface area contributed by atoms with Crippen molar-refractivity contribution >= 4 is 0 Å². The molecule has 2 rings (SSSR count). The first-order chi connectivity index (χ1) is 8.54. The minimum absolute atomic E-state index is 0.0340. The molecule has 1 aromatic carbocycles. The number of aliphatic hydroxyl groups is 1. The Bertz CT molecular complexity index is 561. The Labute approximate surface area is 106 Å². The highest BCUT2D eigenvalue weighted by molar-refractivity contribution is 5.42. The molecule has 18 heavy (non-hydrogen) atoms. The van der Waals surface area contributed by atoms with Crippen LogP contribution in [-0.2, 0) is 6.61 Å². The highest BCUT2D eigenvalue weighted by Gasteiger charge is 2.16. The highest BCUT2D eigenvalue weighted by Crippen LogP contribution is 2.25. The smallest absolute Gasteiger partial charge is 0.123 e. The first-order valence-corrected chi connectivity index (χ1v) is 5.98. The van der Waals surface area contributed by atoms with Crippen LogP contribution in [0, 0.1) is 12.7 Å². The molecule has 0 fully saturated rings. The van der Waals surface area contributed by atoms with Crippen LogP contribution in [0.2, 0.25) is 0 Å². The van der Waals surface area contributed by atoms with E-state index in [9.17, 15) is 9.50 Å². The second kappa shape index (κ2) is 4.90. The number of nitrogens with zero attached hydrogens (tertiary/aromatic N) is 2. The number of hydrogen-bond donors (Lipinski definition) is 1. The second-order valence-corrected chi connectivity index (χ2v) is 4.71. The molecule has 1 N–H and O–H groups in total. The number of aliphatic hydroxyl groups excluding tert-OH is 1. The van der Waals surface area contributed by atoms with E-state index >= 15 is 0 Å². The molecule has 0 saturated carbocycles. The van der Waals surface area contributed by atoms with Crippen molar-refractivity contribution in [3.05, 3.63) is 47.0 Å². The molecular formula is C14H17FN2O. The highest BCUT2D eigenvalue weighted by atomic mass is 19.1.